The summed E-state index contributed by atoms with van der Waals surface area (Å²) in [6.45, 7) is 3.34. The number of halogens is 1. The molecule has 1 aliphatic carbocycles. The van der Waals surface area contributed by atoms with Gasteiger partial charge in [0, 0.05) is 15.6 Å². The second-order valence-electron chi connectivity index (χ2n) is 5.03. The van der Waals surface area contributed by atoms with Crippen LogP contribution in [-0.2, 0) is 6.42 Å². The van der Waals surface area contributed by atoms with Crippen molar-refractivity contribution in [2.75, 3.05) is 13.2 Å². The van der Waals surface area contributed by atoms with Crippen molar-refractivity contribution in [2.45, 2.75) is 31.7 Å². The van der Waals surface area contributed by atoms with Gasteiger partial charge in [0.15, 0.2) is 11.5 Å². The van der Waals surface area contributed by atoms with Crippen molar-refractivity contribution in [1.29, 1.82) is 0 Å². The van der Waals surface area contributed by atoms with Gasteiger partial charge in [-0.15, -0.1) is 0 Å². The number of ether oxygens (including phenoxy) is 2. The standard InChI is InChI=1S/C13H16BrNO2/c1-8-9(7-13(15)2-3-13)12-11(6-10(8)14)16-4-5-17-12/h6H,2-5,7,15H2,1H3. The molecule has 3 rings (SSSR count). The van der Waals surface area contributed by atoms with Gasteiger partial charge >= 0.3 is 0 Å². The highest BCUT2D eigenvalue weighted by atomic mass is 79.9. The Morgan fingerprint density at radius 1 is 1.35 bits per heavy atom. The third kappa shape index (κ3) is 2.04. The van der Waals surface area contributed by atoms with E-state index in [2.05, 4.69) is 22.9 Å². The lowest BCUT2D eigenvalue weighted by molar-refractivity contribution is 0.169. The molecule has 2 aliphatic rings. The van der Waals surface area contributed by atoms with E-state index in [9.17, 15) is 0 Å². The Kier molecular flexibility index (Phi) is 2.60. The van der Waals surface area contributed by atoms with Crippen molar-refractivity contribution in [2.24, 2.45) is 5.73 Å². The van der Waals surface area contributed by atoms with Crippen LogP contribution in [0.2, 0.25) is 0 Å². The minimum Gasteiger partial charge on any atom is -0.486 e. The number of benzene rings is 1. The lowest BCUT2D eigenvalue weighted by Crippen LogP contribution is -2.26. The Morgan fingerprint density at radius 3 is 2.76 bits per heavy atom. The molecule has 1 aromatic carbocycles. The molecule has 0 radical (unpaired) electrons. The fourth-order valence-corrected chi connectivity index (χ4v) is 2.66. The molecule has 1 heterocycles. The number of nitrogens with two attached hydrogens (primary N) is 1. The predicted molar refractivity (Wildman–Crippen MR) is 69.7 cm³/mol. The summed E-state index contributed by atoms with van der Waals surface area (Å²) in [6, 6.07) is 1.99. The lowest BCUT2D eigenvalue weighted by Gasteiger charge is -2.24. The van der Waals surface area contributed by atoms with Crippen LogP contribution in [0.15, 0.2) is 10.5 Å². The molecule has 0 bridgehead atoms. The van der Waals surface area contributed by atoms with Gasteiger partial charge in [-0.25, -0.2) is 0 Å². The summed E-state index contributed by atoms with van der Waals surface area (Å²) >= 11 is 3.58. The molecule has 0 aromatic heterocycles. The molecular formula is C13H16BrNO2. The SMILES string of the molecule is Cc1c(Br)cc2c(c1CC1(N)CC1)OCCO2. The summed E-state index contributed by atoms with van der Waals surface area (Å²) in [7, 11) is 0. The van der Waals surface area contributed by atoms with Crippen LogP contribution in [0, 0.1) is 6.92 Å². The molecule has 0 unspecified atom stereocenters. The molecule has 4 heteroatoms. The van der Waals surface area contributed by atoms with Gasteiger partial charge in [-0.3, -0.25) is 0 Å². The molecule has 1 aliphatic heterocycles. The van der Waals surface area contributed by atoms with Crippen LogP contribution in [0.25, 0.3) is 0 Å². The molecule has 0 saturated heterocycles. The molecule has 0 amide bonds. The van der Waals surface area contributed by atoms with E-state index in [-0.39, 0.29) is 5.54 Å². The van der Waals surface area contributed by atoms with Crippen LogP contribution < -0.4 is 15.2 Å². The van der Waals surface area contributed by atoms with Crippen molar-refractivity contribution < 1.29 is 9.47 Å². The summed E-state index contributed by atoms with van der Waals surface area (Å²) in [4.78, 5) is 0. The molecular weight excluding hydrogens is 282 g/mol. The summed E-state index contributed by atoms with van der Waals surface area (Å²) in [6.07, 6.45) is 3.09. The first-order valence-electron chi connectivity index (χ1n) is 5.95. The highest BCUT2D eigenvalue weighted by Gasteiger charge is 2.40. The highest BCUT2D eigenvalue weighted by Crippen LogP contribution is 2.45. The molecule has 0 atom stereocenters. The highest BCUT2D eigenvalue weighted by molar-refractivity contribution is 9.10. The predicted octanol–water partition coefficient (Wildman–Crippen LogP) is 2.56. The Bertz CT molecular complexity index is 469. The van der Waals surface area contributed by atoms with E-state index in [1.165, 1.54) is 11.1 Å². The van der Waals surface area contributed by atoms with Gasteiger partial charge in [0.05, 0.1) is 0 Å². The van der Waals surface area contributed by atoms with Gasteiger partial charge in [-0.2, -0.15) is 0 Å². The Labute approximate surface area is 109 Å². The van der Waals surface area contributed by atoms with Crippen molar-refractivity contribution in [1.82, 2.24) is 0 Å². The Balaban J connectivity index is 2.06. The molecule has 2 N–H and O–H groups in total. The zero-order valence-electron chi connectivity index (χ0n) is 9.88. The first-order chi connectivity index (χ1) is 8.09. The van der Waals surface area contributed by atoms with Crippen LogP contribution in [0.3, 0.4) is 0 Å². The second-order valence-corrected chi connectivity index (χ2v) is 5.88. The minimum atomic E-state index is -0.0138. The maximum Gasteiger partial charge on any atom is 0.164 e. The maximum atomic E-state index is 6.22. The van der Waals surface area contributed by atoms with E-state index in [4.69, 9.17) is 15.2 Å². The van der Waals surface area contributed by atoms with Crippen LogP contribution >= 0.6 is 15.9 Å². The van der Waals surface area contributed by atoms with Crippen molar-refractivity contribution in [3.63, 3.8) is 0 Å². The Hall–Kier alpha value is -0.740. The monoisotopic (exact) mass is 297 g/mol. The smallest absolute Gasteiger partial charge is 0.164 e. The average Bonchev–Trinajstić information content (AvgIpc) is 3.03. The molecule has 3 nitrogen and oxygen atoms in total. The van der Waals surface area contributed by atoms with Crippen molar-refractivity contribution >= 4 is 15.9 Å². The van der Waals surface area contributed by atoms with Gasteiger partial charge in [0.2, 0.25) is 0 Å². The van der Waals surface area contributed by atoms with Crippen LogP contribution in [0.4, 0.5) is 0 Å². The second kappa shape index (κ2) is 3.89. The first kappa shape index (κ1) is 11.4. The summed E-state index contributed by atoms with van der Waals surface area (Å²) in [5.74, 6) is 1.74. The van der Waals surface area contributed by atoms with Gasteiger partial charge in [-0.05, 0) is 37.8 Å². The summed E-state index contributed by atoms with van der Waals surface area (Å²) in [5.41, 5.74) is 8.62. The third-order valence-corrected chi connectivity index (χ3v) is 4.40. The van der Waals surface area contributed by atoms with Gasteiger partial charge in [0.25, 0.3) is 0 Å². The fraction of sp³-hybridized carbons (Fsp3) is 0.538. The van der Waals surface area contributed by atoms with E-state index < -0.39 is 0 Å². The van der Waals surface area contributed by atoms with Crippen LogP contribution in [-0.4, -0.2) is 18.8 Å². The van der Waals surface area contributed by atoms with E-state index in [0.29, 0.717) is 13.2 Å². The number of rotatable bonds is 2. The normalized spacial score (nSPS) is 20.2. The molecule has 1 aromatic rings. The summed E-state index contributed by atoms with van der Waals surface area (Å²) in [5, 5.41) is 0. The molecule has 1 saturated carbocycles. The zero-order chi connectivity index (χ0) is 12.0. The zero-order valence-corrected chi connectivity index (χ0v) is 11.5. The number of hydrogen-bond acceptors (Lipinski definition) is 3. The van der Waals surface area contributed by atoms with Gasteiger partial charge in [-0.1, -0.05) is 15.9 Å². The largest absolute Gasteiger partial charge is 0.486 e. The maximum absolute atomic E-state index is 6.22. The quantitative estimate of drug-likeness (QED) is 0.912. The number of fused-ring (bicyclic) bond motifs is 1. The topological polar surface area (TPSA) is 44.5 Å². The molecule has 1 fully saturated rings. The summed E-state index contributed by atoms with van der Waals surface area (Å²) < 4.78 is 12.5. The third-order valence-electron chi connectivity index (χ3n) is 3.57. The van der Waals surface area contributed by atoms with E-state index in [1.54, 1.807) is 0 Å². The minimum absolute atomic E-state index is 0.0138. The van der Waals surface area contributed by atoms with E-state index in [1.807, 2.05) is 6.07 Å². The lowest BCUT2D eigenvalue weighted by atomic mass is 9.98. The van der Waals surface area contributed by atoms with Crippen LogP contribution in [0.1, 0.15) is 24.0 Å². The van der Waals surface area contributed by atoms with Gasteiger partial charge in [0.1, 0.15) is 13.2 Å². The van der Waals surface area contributed by atoms with E-state index in [0.717, 1.165) is 35.2 Å². The Morgan fingerprint density at radius 2 is 2.06 bits per heavy atom. The molecule has 17 heavy (non-hydrogen) atoms. The number of hydrogen-bond donors (Lipinski definition) is 1. The van der Waals surface area contributed by atoms with E-state index >= 15 is 0 Å². The first-order valence-corrected chi connectivity index (χ1v) is 6.75. The fourth-order valence-electron chi connectivity index (χ4n) is 2.22. The van der Waals surface area contributed by atoms with Crippen molar-refractivity contribution in [3.8, 4) is 11.5 Å². The average molecular weight is 298 g/mol. The van der Waals surface area contributed by atoms with Gasteiger partial charge < -0.3 is 15.2 Å². The molecule has 92 valence electrons. The van der Waals surface area contributed by atoms with Crippen LogP contribution in [0.5, 0.6) is 11.5 Å². The van der Waals surface area contributed by atoms with Crippen molar-refractivity contribution in [3.05, 3.63) is 21.7 Å². The molecule has 0 spiro atoms.